The summed E-state index contributed by atoms with van der Waals surface area (Å²) in [5, 5.41) is 11.1. The lowest BCUT2D eigenvalue weighted by molar-refractivity contribution is 0.0944. The summed E-state index contributed by atoms with van der Waals surface area (Å²) >= 11 is 6.10. The number of nitrogens with zero attached hydrogens (tertiary/aromatic N) is 3. The lowest BCUT2D eigenvalue weighted by Crippen LogP contribution is -2.31. The van der Waals surface area contributed by atoms with E-state index in [1.807, 2.05) is 27.7 Å². The molecule has 0 bridgehead atoms. The highest BCUT2D eigenvalue weighted by Crippen LogP contribution is 2.25. The average molecular weight is 400 g/mol. The molecular formula is C20H22ClN5O2. The minimum atomic E-state index is -0.354. The molecule has 2 amide bonds. The molecule has 0 saturated heterocycles. The van der Waals surface area contributed by atoms with Gasteiger partial charge in [0, 0.05) is 23.8 Å². The Kier molecular flexibility index (Phi) is 5.38. The minimum Gasteiger partial charge on any atom is -0.350 e. The van der Waals surface area contributed by atoms with E-state index in [9.17, 15) is 9.59 Å². The number of carbonyl (C=O) groups is 2. The van der Waals surface area contributed by atoms with Gasteiger partial charge in [-0.05, 0) is 52.0 Å². The van der Waals surface area contributed by atoms with Crippen molar-refractivity contribution in [1.29, 1.82) is 0 Å². The number of amides is 2. The third kappa shape index (κ3) is 3.84. The van der Waals surface area contributed by atoms with Crippen LogP contribution in [0.1, 0.15) is 46.0 Å². The molecule has 0 atom stereocenters. The van der Waals surface area contributed by atoms with E-state index in [1.165, 1.54) is 0 Å². The van der Waals surface area contributed by atoms with Crippen LogP contribution in [0.5, 0.6) is 0 Å². The lowest BCUT2D eigenvalue weighted by Gasteiger charge is -2.14. The first-order chi connectivity index (χ1) is 13.2. The molecule has 1 aromatic carbocycles. The van der Waals surface area contributed by atoms with Crippen molar-refractivity contribution >= 4 is 40.1 Å². The molecule has 3 aromatic rings. The molecule has 2 aromatic heterocycles. The number of fused-ring (bicyclic) bond motifs is 1. The number of aromatic nitrogens is 3. The zero-order valence-corrected chi connectivity index (χ0v) is 17.2. The van der Waals surface area contributed by atoms with Gasteiger partial charge in [-0.2, -0.15) is 5.10 Å². The van der Waals surface area contributed by atoms with Crippen LogP contribution in [-0.2, 0) is 7.05 Å². The fourth-order valence-corrected chi connectivity index (χ4v) is 3.27. The van der Waals surface area contributed by atoms with Crippen molar-refractivity contribution in [2.45, 2.75) is 33.7 Å². The molecule has 0 saturated carbocycles. The van der Waals surface area contributed by atoms with Crippen LogP contribution < -0.4 is 10.6 Å². The van der Waals surface area contributed by atoms with E-state index in [1.54, 1.807) is 36.0 Å². The highest BCUT2D eigenvalue weighted by molar-refractivity contribution is 6.31. The minimum absolute atomic E-state index is 0.0350. The van der Waals surface area contributed by atoms with Gasteiger partial charge < -0.3 is 10.6 Å². The number of nitrogens with one attached hydrogen (secondary N) is 2. The summed E-state index contributed by atoms with van der Waals surface area (Å²) in [7, 11) is 1.79. The third-order valence-corrected chi connectivity index (χ3v) is 4.47. The van der Waals surface area contributed by atoms with Crippen LogP contribution in [0.4, 0.5) is 5.69 Å². The van der Waals surface area contributed by atoms with Crippen LogP contribution in [-0.4, -0.2) is 32.6 Å². The Bertz CT molecular complexity index is 1090. The Hall–Kier alpha value is -2.93. The second-order valence-corrected chi connectivity index (χ2v) is 7.43. The molecule has 0 aliphatic heterocycles. The van der Waals surface area contributed by atoms with E-state index < -0.39 is 0 Å². The third-order valence-electron chi connectivity index (χ3n) is 4.24. The molecule has 2 N–H and O–H groups in total. The first-order valence-corrected chi connectivity index (χ1v) is 9.28. The summed E-state index contributed by atoms with van der Waals surface area (Å²) in [5.74, 6) is -0.636. The fourth-order valence-electron chi connectivity index (χ4n) is 3.10. The Balaban J connectivity index is 2.04. The smallest absolute Gasteiger partial charge is 0.256 e. The van der Waals surface area contributed by atoms with E-state index in [0.717, 1.165) is 0 Å². The van der Waals surface area contributed by atoms with Gasteiger partial charge >= 0.3 is 0 Å². The number of halogens is 1. The Morgan fingerprint density at radius 2 is 1.82 bits per heavy atom. The number of hydrogen-bond acceptors (Lipinski definition) is 4. The van der Waals surface area contributed by atoms with Crippen LogP contribution in [0.25, 0.3) is 11.0 Å². The summed E-state index contributed by atoms with van der Waals surface area (Å²) in [5.41, 5.74) is 3.18. The van der Waals surface area contributed by atoms with Gasteiger partial charge in [-0.1, -0.05) is 11.6 Å². The predicted molar refractivity (Wildman–Crippen MR) is 110 cm³/mol. The van der Waals surface area contributed by atoms with Gasteiger partial charge in [0.25, 0.3) is 11.8 Å². The number of anilines is 1. The van der Waals surface area contributed by atoms with Crippen molar-refractivity contribution in [2.75, 3.05) is 5.32 Å². The van der Waals surface area contributed by atoms with Gasteiger partial charge in [-0.15, -0.1) is 0 Å². The van der Waals surface area contributed by atoms with Crippen molar-refractivity contribution < 1.29 is 9.59 Å². The van der Waals surface area contributed by atoms with E-state index in [0.29, 0.717) is 44.3 Å². The quantitative estimate of drug-likeness (QED) is 0.701. The first-order valence-electron chi connectivity index (χ1n) is 8.90. The molecule has 0 aliphatic carbocycles. The number of carbonyl (C=O) groups excluding carboxylic acids is 2. The molecule has 8 heteroatoms. The number of pyridine rings is 1. The van der Waals surface area contributed by atoms with Gasteiger partial charge in [0.2, 0.25) is 0 Å². The molecule has 0 unspecified atom stereocenters. The molecule has 0 radical (unpaired) electrons. The number of benzene rings is 1. The lowest BCUT2D eigenvalue weighted by atomic mass is 10.1. The second-order valence-electron chi connectivity index (χ2n) is 6.99. The largest absolute Gasteiger partial charge is 0.350 e. The van der Waals surface area contributed by atoms with Crippen molar-refractivity contribution in [2.24, 2.45) is 7.05 Å². The molecule has 0 fully saturated rings. The van der Waals surface area contributed by atoms with Gasteiger partial charge in [0.05, 0.1) is 27.9 Å². The summed E-state index contributed by atoms with van der Waals surface area (Å²) in [6.45, 7) is 7.39. The van der Waals surface area contributed by atoms with Crippen molar-refractivity contribution in [3.05, 3.63) is 51.8 Å². The van der Waals surface area contributed by atoms with Gasteiger partial charge in [-0.25, -0.2) is 4.98 Å². The Labute approximate surface area is 168 Å². The maximum atomic E-state index is 13.1. The Morgan fingerprint density at radius 3 is 2.50 bits per heavy atom. The molecular weight excluding hydrogens is 378 g/mol. The van der Waals surface area contributed by atoms with Crippen LogP contribution >= 0.6 is 11.6 Å². The molecule has 0 aliphatic rings. The topological polar surface area (TPSA) is 88.9 Å². The zero-order chi connectivity index (χ0) is 20.6. The first kappa shape index (κ1) is 19.8. The fraction of sp³-hybridized carbons (Fsp3) is 0.300. The molecule has 7 nitrogen and oxygen atoms in total. The van der Waals surface area contributed by atoms with Crippen LogP contribution in [0.2, 0.25) is 5.02 Å². The number of hydrogen-bond donors (Lipinski definition) is 2. The van der Waals surface area contributed by atoms with Gasteiger partial charge in [0.15, 0.2) is 5.65 Å². The van der Waals surface area contributed by atoms with Crippen molar-refractivity contribution in [3.63, 3.8) is 0 Å². The average Bonchev–Trinajstić information content (AvgIpc) is 2.87. The van der Waals surface area contributed by atoms with E-state index in [-0.39, 0.29) is 17.9 Å². The van der Waals surface area contributed by atoms with Crippen molar-refractivity contribution in [1.82, 2.24) is 20.1 Å². The highest BCUT2D eigenvalue weighted by atomic mass is 35.5. The zero-order valence-electron chi connectivity index (χ0n) is 16.4. The van der Waals surface area contributed by atoms with Crippen LogP contribution in [0.15, 0.2) is 24.3 Å². The Morgan fingerprint density at radius 1 is 1.11 bits per heavy atom. The summed E-state index contributed by atoms with van der Waals surface area (Å²) in [4.78, 5) is 30.1. The molecule has 146 valence electrons. The van der Waals surface area contributed by atoms with Crippen LogP contribution in [0, 0.1) is 13.8 Å². The highest BCUT2D eigenvalue weighted by Gasteiger charge is 2.20. The van der Waals surface area contributed by atoms with E-state index >= 15 is 0 Å². The number of aryl methyl sites for hydroxylation is 3. The SMILES string of the molecule is Cc1cc(C(=O)Nc2cc(Cl)ccc2C(=O)NC(C)C)c2c(C)nn(C)c2n1. The maximum absolute atomic E-state index is 13.1. The maximum Gasteiger partial charge on any atom is 0.256 e. The van der Waals surface area contributed by atoms with Crippen molar-refractivity contribution in [3.8, 4) is 0 Å². The predicted octanol–water partition coefficient (Wildman–Crippen LogP) is 3.63. The van der Waals surface area contributed by atoms with E-state index in [4.69, 9.17) is 11.6 Å². The summed E-state index contributed by atoms with van der Waals surface area (Å²) in [6, 6.07) is 6.46. The molecule has 0 spiro atoms. The molecule has 28 heavy (non-hydrogen) atoms. The summed E-state index contributed by atoms with van der Waals surface area (Å²) in [6.07, 6.45) is 0. The summed E-state index contributed by atoms with van der Waals surface area (Å²) < 4.78 is 1.65. The monoisotopic (exact) mass is 399 g/mol. The van der Waals surface area contributed by atoms with Gasteiger partial charge in [0.1, 0.15) is 0 Å². The normalized spacial score (nSPS) is 11.1. The number of rotatable bonds is 4. The standard InChI is InChI=1S/C20H22ClN5O2/c1-10(2)22-19(27)14-7-6-13(21)9-16(14)24-20(28)15-8-11(3)23-18-17(15)12(4)25-26(18)5/h6-10H,1-5H3,(H,22,27)(H,24,28). The van der Waals surface area contributed by atoms with E-state index in [2.05, 4.69) is 20.7 Å². The molecule has 2 heterocycles. The molecule has 3 rings (SSSR count). The van der Waals surface area contributed by atoms with Crippen LogP contribution in [0.3, 0.4) is 0 Å². The second kappa shape index (κ2) is 7.59. The van der Waals surface area contributed by atoms with Gasteiger partial charge in [-0.3, -0.25) is 14.3 Å².